The number of para-hydroxylation sites is 1. The van der Waals surface area contributed by atoms with E-state index in [4.69, 9.17) is 4.74 Å². The summed E-state index contributed by atoms with van der Waals surface area (Å²) in [6, 6.07) is 11.4. The first-order chi connectivity index (χ1) is 8.66. The third-order valence-corrected chi connectivity index (χ3v) is 3.01. The molecule has 0 fully saturated rings. The van der Waals surface area contributed by atoms with Crippen LogP contribution in [0.2, 0.25) is 0 Å². The Morgan fingerprint density at radius 1 is 1.28 bits per heavy atom. The van der Waals surface area contributed by atoms with E-state index in [1.54, 1.807) is 10.8 Å². The number of aromatic nitrogens is 1. The van der Waals surface area contributed by atoms with E-state index in [-0.39, 0.29) is 5.56 Å². The topological polar surface area (TPSA) is 31.2 Å². The molecule has 2 rings (SSSR count). The first-order valence-electron chi connectivity index (χ1n) is 5.71. The van der Waals surface area contributed by atoms with Crippen molar-refractivity contribution in [2.24, 2.45) is 0 Å². The molecule has 3 nitrogen and oxygen atoms in total. The van der Waals surface area contributed by atoms with Crippen LogP contribution in [0, 0.1) is 6.92 Å². The number of pyridine rings is 1. The molecule has 2 aromatic rings. The van der Waals surface area contributed by atoms with Gasteiger partial charge in [0.25, 0.3) is 5.56 Å². The van der Waals surface area contributed by atoms with Crippen molar-refractivity contribution in [3.63, 3.8) is 0 Å². The van der Waals surface area contributed by atoms with Crippen molar-refractivity contribution in [3.8, 4) is 5.75 Å². The van der Waals surface area contributed by atoms with Crippen molar-refractivity contribution in [2.45, 2.75) is 13.5 Å². The summed E-state index contributed by atoms with van der Waals surface area (Å²) in [4.78, 5) is 11.8. The monoisotopic (exact) mass is 307 g/mol. The summed E-state index contributed by atoms with van der Waals surface area (Å²) in [6.45, 7) is 2.81. The van der Waals surface area contributed by atoms with Gasteiger partial charge in [-0.15, -0.1) is 0 Å². The Labute approximate surface area is 114 Å². The van der Waals surface area contributed by atoms with Crippen LogP contribution in [0.25, 0.3) is 0 Å². The van der Waals surface area contributed by atoms with Gasteiger partial charge in [-0.05, 0) is 41.1 Å². The highest BCUT2D eigenvalue weighted by atomic mass is 79.9. The van der Waals surface area contributed by atoms with E-state index >= 15 is 0 Å². The zero-order valence-corrected chi connectivity index (χ0v) is 11.7. The standard InChI is InChI=1S/C14H14BrNO2/c1-11-9-12(15)10-16(14(11)17)7-8-18-13-5-3-2-4-6-13/h2-6,9-10H,7-8H2,1H3. The van der Waals surface area contributed by atoms with Crippen LogP contribution in [-0.2, 0) is 6.54 Å². The molecule has 0 saturated heterocycles. The molecule has 0 aliphatic heterocycles. The molecule has 4 heteroatoms. The fourth-order valence-corrected chi connectivity index (χ4v) is 2.28. The van der Waals surface area contributed by atoms with Crippen LogP contribution < -0.4 is 10.3 Å². The van der Waals surface area contributed by atoms with Crippen molar-refractivity contribution < 1.29 is 4.74 Å². The molecule has 1 aromatic heterocycles. The predicted molar refractivity (Wildman–Crippen MR) is 75.1 cm³/mol. The average molecular weight is 308 g/mol. The molecule has 94 valence electrons. The van der Waals surface area contributed by atoms with Gasteiger partial charge < -0.3 is 9.30 Å². The van der Waals surface area contributed by atoms with E-state index in [1.165, 1.54) is 0 Å². The van der Waals surface area contributed by atoms with Crippen LogP contribution in [0.15, 0.2) is 51.9 Å². The lowest BCUT2D eigenvalue weighted by atomic mass is 10.3. The highest BCUT2D eigenvalue weighted by Gasteiger charge is 2.02. The highest BCUT2D eigenvalue weighted by Crippen LogP contribution is 2.10. The van der Waals surface area contributed by atoms with Gasteiger partial charge >= 0.3 is 0 Å². The molecule has 1 heterocycles. The second-order valence-electron chi connectivity index (χ2n) is 4.00. The largest absolute Gasteiger partial charge is 0.492 e. The Bertz CT molecular complexity index is 578. The maximum Gasteiger partial charge on any atom is 0.253 e. The molecule has 0 radical (unpaired) electrons. The van der Waals surface area contributed by atoms with Gasteiger partial charge in [0.2, 0.25) is 0 Å². The first kappa shape index (κ1) is 12.9. The lowest BCUT2D eigenvalue weighted by molar-refractivity contribution is 0.296. The summed E-state index contributed by atoms with van der Waals surface area (Å²) in [7, 11) is 0. The van der Waals surface area contributed by atoms with Crippen LogP contribution >= 0.6 is 15.9 Å². The van der Waals surface area contributed by atoms with Crippen LogP contribution in [0.1, 0.15) is 5.56 Å². The molecule has 0 saturated carbocycles. The third kappa shape index (κ3) is 3.23. The van der Waals surface area contributed by atoms with Crippen LogP contribution in [0.5, 0.6) is 5.75 Å². The summed E-state index contributed by atoms with van der Waals surface area (Å²) in [5, 5.41) is 0. The van der Waals surface area contributed by atoms with E-state index in [2.05, 4.69) is 15.9 Å². The fraction of sp³-hybridized carbons (Fsp3) is 0.214. The Morgan fingerprint density at radius 3 is 2.72 bits per heavy atom. The number of benzene rings is 1. The zero-order valence-electron chi connectivity index (χ0n) is 10.1. The highest BCUT2D eigenvalue weighted by molar-refractivity contribution is 9.10. The van der Waals surface area contributed by atoms with Crippen LogP contribution in [0.3, 0.4) is 0 Å². The molecule has 0 aliphatic carbocycles. The van der Waals surface area contributed by atoms with Crippen LogP contribution in [-0.4, -0.2) is 11.2 Å². The van der Waals surface area contributed by atoms with Gasteiger partial charge in [0, 0.05) is 16.2 Å². The number of rotatable bonds is 4. The number of hydrogen-bond acceptors (Lipinski definition) is 2. The van der Waals surface area contributed by atoms with Crippen molar-refractivity contribution in [1.82, 2.24) is 4.57 Å². The molecule has 0 atom stereocenters. The fourth-order valence-electron chi connectivity index (χ4n) is 1.68. The van der Waals surface area contributed by atoms with E-state index in [0.717, 1.165) is 15.8 Å². The molecule has 18 heavy (non-hydrogen) atoms. The minimum absolute atomic E-state index is 0.0230. The zero-order chi connectivity index (χ0) is 13.0. The number of nitrogens with zero attached hydrogens (tertiary/aromatic N) is 1. The summed E-state index contributed by atoms with van der Waals surface area (Å²) in [5.74, 6) is 0.817. The van der Waals surface area contributed by atoms with Crippen LogP contribution in [0.4, 0.5) is 0 Å². The van der Waals surface area contributed by atoms with Gasteiger partial charge in [-0.3, -0.25) is 4.79 Å². The smallest absolute Gasteiger partial charge is 0.253 e. The third-order valence-electron chi connectivity index (χ3n) is 2.58. The Morgan fingerprint density at radius 2 is 2.00 bits per heavy atom. The lowest BCUT2D eigenvalue weighted by Gasteiger charge is -2.09. The van der Waals surface area contributed by atoms with Gasteiger partial charge in [0.05, 0.1) is 6.54 Å². The minimum atomic E-state index is 0.0230. The minimum Gasteiger partial charge on any atom is -0.492 e. The maximum absolute atomic E-state index is 11.8. The van der Waals surface area contributed by atoms with E-state index < -0.39 is 0 Å². The molecule has 1 aromatic carbocycles. The van der Waals surface area contributed by atoms with E-state index in [0.29, 0.717) is 13.2 Å². The van der Waals surface area contributed by atoms with Gasteiger partial charge in [0.15, 0.2) is 0 Å². The van der Waals surface area contributed by atoms with Gasteiger partial charge in [0.1, 0.15) is 12.4 Å². The lowest BCUT2D eigenvalue weighted by Crippen LogP contribution is -2.24. The number of aryl methyl sites for hydroxylation is 1. The van der Waals surface area contributed by atoms with Gasteiger partial charge in [-0.2, -0.15) is 0 Å². The maximum atomic E-state index is 11.8. The molecule has 0 spiro atoms. The molecule has 0 amide bonds. The van der Waals surface area contributed by atoms with Crippen molar-refractivity contribution >= 4 is 15.9 Å². The quantitative estimate of drug-likeness (QED) is 0.869. The summed E-state index contributed by atoms with van der Waals surface area (Å²) in [6.07, 6.45) is 1.78. The summed E-state index contributed by atoms with van der Waals surface area (Å²) in [5.41, 5.74) is 0.749. The molecular formula is C14H14BrNO2. The molecular weight excluding hydrogens is 294 g/mol. The van der Waals surface area contributed by atoms with E-state index in [1.807, 2.05) is 43.3 Å². The molecule has 0 unspecified atom stereocenters. The summed E-state index contributed by atoms with van der Waals surface area (Å²) >= 11 is 3.38. The van der Waals surface area contributed by atoms with Crippen molar-refractivity contribution in [1.29, 1.82) is 0 Å². The Hall–Kier alpha value is -1.55. The number of hydrogen-bond donors (Lipinski definition) is 0. The Kier molecular flexibility index (Phi) is 4.20. The molecule has 0 N–H and O–H groups in total. The van der Waals surface area contributed by atoms with Crippen molar-refractivity contribution in [3.05, 3.63) is 63.0 Å². The predicted octanol–water partition coefficient (Wildman–Crippen LogP) is 3.00. The number of ether oxygens (including phenoxy) is 1. The van der Waals surface area contributed by atoms with Gasteiger partial charge in [-0.1, -0.05) is 18.2 Å². The SMILES string of the molecule is Cc1cc(Br)cn(CCOc2ccccc2)c1=O. The van der Waals surface area contributed by atoms with Gasteiger partial charge in [-0.25, -0.2) is 0 Å². The average Bonchev–Trinajstić information content (AvgIpc) is 2.36. The van der Waals surface area contributed by atoms with Crippen molar-refractivity contribution in [2.75, 3.05) is 6.61 Å². The first-order valence-corrected chi connectivity index (χ1v) is 6.50. The second kappa shape index (κ2) is 5.87. The number of halogens is 1. The molecule has 0 bridgehead atoms. The second-order valence-corrected chi connectivity index (χ2v) is 4.92. The Balaban J connectivity index is 2.01. The molecule has 0 aliphatic rings. The summed E-state index contributed by atoms with van der Waals surface area (Å²) < 4.78 is 8.13. The van der Waals surface area contributed by atoms with E-state index in [9.17, 15) is 4.79 Å². The normalized spacial score (nSPS) is 10.3.